The second-order valence-corrected chi connectivity index (χ2v) is 4.67. The number of hydrogen-bond acceptors (Lipinski definition) is 9. The highest BCUT2D eigenvalue weighted by molar-refractivity contribution is 5.72. The Morgan fingerprint density at radius 2 is 1.09 bits per heavy atom. The van der Waals surface area contributed by atoms with Gasteiger partial charge in [0.1, 0.15) is 6.10 Å². The standard InChI is InChI=1S/C14H20O9/c1-7(20-8(2)16)13(22-10(4)18)14(23-11(5)19)12(6-15)21-9(3)17/h6-7,12-14H,1-5H3/t7-,12+,13+,14-/m1/s1. The maximum atomic E-state index is 11.3. The number of ether oxygens (including phenoxy) is 4. The summed E-state index contributed by atoms with van der Waals surface area (Å²) < 4.78 is 19.6. The first-order chi connectivity index (χ1) is 10.6. The highest BCUT2D eigenvalue weighted by Gasteiger charge is 2.41. The molecule has 0 saturated heterocycles. The topological polar surface area (TPSA) is 122 Å². The van der Waals surface area contributed by atoms with E-state index in [4.69, 9.17) is 18.9 Å². The van der Waals surface area contributed by atoms with Crippen LogP contribution in [-0.2, 0) is 42.9 Å². The van der Waals surface area contributed by atoms with Gasteiger partial charge < -0.3 is 18.9 Å². The van der Waals surface area contributed by atoms with E-state index in [9.17, 15) is 24.0 Å². The fourth-order valence-electron chi connectivity index (χ4n) is 1.83. The summed E-state index contributed by atoms with van der Waals surface area (Å²) in [5.74, 6) is -3.05. The van der Waals surface area contributed by atoms with Gasteiger partial charge in [-0.05, 0) is 6.92 Å². The molecule has 0 heterocycles. The Kier molecular flexibility index (Phi) is 8.53. The molecule has 0 bridgehead atoms. The van der Waals surface area contributed by atoms with E-state index < -0.39 is 48.3 Å². The molecule has 9 nitrogen and oxygen atoms in total. The quantitative estimate of drug-likeness (QED) is 0.341. The average molecular weight is 332 g/mol. The van der Waals surface area contributed by atoms with Gasteiger partial charge in [0.25, 0.3) is 0 Å². The Morgan fingerprint density at radius 1 is 0.696 bits per heavy atom. The highest BCUT2D eigenvalue weighted by Crippen LogP contribution is 2.18. The van der Waals surface area contributed by atoms with Crippen LogP contribution in [0.4, 0.5) is 0 Å². The molecule has 23 heavy (non-hydrogen) atoms. The van der Waals surface area contributed by atoms with Crippen molar-refractivity contribution in [3.05, 3.63) is 0 Å². The van der Waals surface area contributed by atoms with Crippen LogP contribution in [0.2, 0.25) is 0 Å². The number of carbonyl (C=O) groups excluding carboxylic acids is 5. The van der Waals surface area contributed by atoms with Gasteiger partial charge in [-0.25, -0.2) is 0 Å². The lowest BCUT2D eigenvalue weighted by atomic mass is 10.0. The van der Waals surface area contributed by atoms with Gasteiger partial charge in [0.05, 0.1) is 0 Å². The molecule has 0 aliphatic rings. The minimum Gasteiger partial charge on any atom is -0.459 e. The van der Waals surface area contributed by atoms with Crippen LogP contribution in [0.5, 0.6) is 0 Å². The molecule has 0 N–H and O–H groups in total. The third-order valence-corrected chi connectivity index (χ3v) is 2.50. The molecule has 0 aromatic rings. The maximum Gasteiger partial charge on any atom is 0.303 e. The number of esters is 4. The van der Waals surface area contributed by atoms with Crippen LogP contribution >= 0.6 is 0 Å². The smallest absolute Gasteiger partial charge is 0.303 e. The van der Waals surface area contributed by atoms with Crippen LogP contribution < -0.4 is 0 Å². The Labute approximate surface area is 133 Å². The molecule has 0 amide bonds. The van der Waals surface area contributed by atoms with Crippen molar-refractivity contribution in [3.63, 3.8) is 0 Å². The van der Waals surface area contributed by atoms with E-state index >= 15 is 0 Å². The molecular formula is C14H20O9. The predicted octanol–water partition coefficient (Wildman–Crippen LogP) is -0.0680. The van der Waals surface area contributed by atoms with Crippen molar-refractivity contribution in [1.82, 2.24) is 0 Å². The van der Waals surface area contributed by atoms with Gasteiger partial charge in [-0.3, -0.25) is 24.0 Å². The van der Waals surface area contributed by atoms with Crippen molar-refractivity contribution >= 4 is 30.2 Å². The van der Waals surface area contributed by atoms with E-state index in [2.05, 4.69) is 0 Å². The van der Waals surface area contributed by atoms with E-state index in [1.54, 1.807) is 0 Å². The van der Waals surface area contributed by atoms with Gasteiger partial charge >= 0.3 is 23.9 Å². The van der Waals surface area contributed by atoms with Gasteiger partial charge in [-0.15, -0.1) is 0 Å². The Balaban J connectivity index is 5.62. The summed E-state index contributed by atoms with van der Waals surface area (Å²) in [6.45, 7) is 5.70. The maximum absolute atomic E-state index is 11.3. The van der Waals surface area contributed by atoms with Gasteiger partial charge in [-0.2, -0.15) is 0 Å². The van der Waals surface area contributed by atoms with Crippen LogP contribution in [0.15, 0.2) is 0 Å². The van der Waals surface area contributed by atoms with Gasteiger partial charge in [0.15, 0.2) is 24.6 Å². The van der Waals surface area contributed by atoms with Crippen molar-refractivity contribution in [1.29, 1.82) is 0 Å². The van der Waals surface area contributed by atoms with Gasteiger partial charge in [0.2, 0.25) is 0 Å². The molecule has 0 aromatic heterocycles. The van der Waals surface area contributed by atoms with Crippen LogP contribution in [0, 0.1) is 0 Å². The summed E-state index contributed by atoms with van der Waals surface area (Å²) in [5.41, 5.74) is 0. The van der Waals surface area contributed by atoms with Crippen LogP contribution in [0.3, 0.4) is 0 Å². The summed E-state index contributed by atoms with van der Waals surface area (Å²) in [5, 5.41) is 0. The zero-order chi connectivity index (χ0) is 18.2. The molecule has 0 fully saturated rings. The number of rotatable bonds is 8. The Morgan fingerprint density at radius 3 is 1.43 bits per heavy atom. The molecule has 0 aliphatic carbocycles. The molecule has 0 aliphatic heterocycles. The molecule has 0 spiro atoms. The normalized spacial score (nSPS) is 15.3. The summed E-state index contributed by atoms with van der Waals surface area (Å²) in [6.07, 6.45) is -5.16. The zero-order valence-electron chi connectivity index (χ0n) is 13.6. The molecule has 0 unspecified atom stereocenters. The first kappa shape index (κ1) is 20.6. The molecule has 4 atom stereocenters. The SMILES string of the molecule is CC(=O)O[C@H]([C@H](OC(C)=O)[C@H](C=O)OC(C)=O)[C@@H](C)OC(C)=O. The van der Waals surface area contributed by atoms with Crippen LogP contribution in [0.25, 0.3) is 0 Å². The van der Waals surface area contributed by atoms with Crippen molar-refractivity contribution in [2.75, 3.05) is 0 Å². The Bertz CT molecular complexity index is 471. The molecule has 0 saturated carbocycles. The summed E-state index contributed by atoms with van der Waals surface area (Å²) in [6, 6.07) is 0. The average Bonchev–Trinajstić information content (AvgIpc) is 2.38. The summed E-state index contributed by atoms with van der Waals surface area (Å²) >= 11 is 0. The van der Waals surface area contributed by atoms with Crippen molar-refractivity contribution < 1.29 is 42.9 Å². The second-order valence-electron chi connectivity index (χ2n) is 4.67. The summed E-state index contributed by atoms with van der Waals surface area (Å²) in [7, 11) is 0. The van der Waals surface area contributed by atoms with Crippen LogP contribution in [0.1, 0.15) is 34.6 Å². The fourth-order valence-corrected chi connectivity index (χ4v) is 1.83. The highest BCUT2D eigenvalue weighted by atomic mass is 16.6. The third kappa shape index (κ3) is 7.93. The molecule has 0 aromatic carbocycles. The minimum absolute atomic E-state index is 0.228. The number of hydrogen-bond donors (Lipinski definition) is 0. The largest absolute Gasteiger partial charge is 0.459 e. The van der Waals surface area contributed by atoms with E-state index in [1.165, 1.54) is 6.92 Å². The van der Waals surface area contributed by atoms with Crippen molar-refractivity contribution in [2.45, 2.75) is 59.0 Å². The van der Waals surface area contributed by atoms with E-state index in [0.717, 1.165) is 27.7 Å². The Hall–Kier alpha value is -2.45. The fraction of sp³-hybridized carbons (Fsp3) is 0.643. The molecular weight excluding hydrogens is 312 g/mol. The number of carbonyl (C=O) groups is 5. The van der Waals surface area contributed by atoms with E-state index in [-0.39, 0.29) is 6.29 Å². The van der Waals surface area contributed by atoms with Crippen molar-refractivity contribution in [2.24, 2.45) is 0 Å². The monoisotopic (exact) mass is 332 g/mol. The van der Waals surface area contributed by atoms with Crippen molar-refractivity contribution in [3.8, 4) is 0 Å². The molecule has 9 heteroatoms. The first-order valence-corrected chi connectivity index (χ1v) is 6.72. The molecule has 130 valence electrons. The lowest BCUT2D eigenvalue weighted by molar-refractivity contribution is -0.195. The van der Waals surface area contributed by atoms with E-state index in [0.29, 0.717) is 0 Å². The number of aldehydes is 1. The van der Waals surface area contributed by atoms with Gasteiger partial charge in [-0.1, -0.05) is 0 Å². The third-order valence-electron chi connectivity index (χ3n) is 2.50. The molecule has 0 radical (unpaired) electrons. The summed E-state index contributed by atoms with van der Waals surface area (Å²) in [4.78, 5) is 55.9. The second kappa shape index (κ2) is 9.54. The van der Waals surface area contributed by atoms with Crippen LogP contribution in [-0.4, -0.2) is 54.6 Å². The van der Waals surface area contributed by atoms with E-state index in [1.807, 2.05) is 0 Å². The van der Waals surface area contributed by atoms with Gasteiger partial charge in [0, 0.05) is 27.7 Å². The lowest BCUT2D eigenvalue weighted by Gasteiger charge is -2.32. The first-order valence-electron chi connectivity index (χ1n) is 6.72. The lowest BCUT2D eigenvalue weighted by Crippen LogP contribution is -2.51. The zero-order valence-corrected chi connectivity index (χ0v) is 13.6. The minimum atomic E-state index is -1.53. The predicted molar refractivity (Wildman–Crippen MR) is 74.0 cm³/mol. The molecule has 0 rings (SSSR count).